The Bertz CT molecular complexity index is 1250. The fraction of sp³-hybridized carbons (Fsp3) is 0.438. The van der Waals surface area contributed by atoms with Crippen LogP contribution >= 0.6 is 15.9 Å². The molecule has 0 spiro atoms. The minimum atomic E-state index is -1.22. The monoisotopic (exact) mass is 627 g/mol. The Morgan fingerprint density at radius 1 is 1.12 bits per heavy atom. The average Bonchev–Trinajstić information content (AvgIpc) is 3.55. The van der Waals surface area contributed by atoms with Crippen molar-refractivity contribution in [2.45, 2.75) is 64.4 Å². The molecule has 2 amide bonds. The Hall–Kier alpha value is -2.98. The van der Waals surface area contributed by atoms with E-state index in [0.717, 1.165) is 22.4 Å². The predicted molar refractivity (Wildman–Crippen MR) is 157 cm³/mol. The SMILES string of the molecule is CC[C@H](COCCCc1oc([C@@H](O)[C@H](C)C(=O)N2C(=O)OCC2Cc2ccccc2)cc1Br)OCc1ccccc1. The molecule has 9 heteroatoms. The van der Waals surface area contributed by atoms with Gasteiger partial charge in [-0.2, -0.15) is 0 Å². The minimum Gasteiger partial charge on any atom is -0.462 e. The van der Waals surface area contributed by atoms with Crippen molar-refractivity contribution in [1.82, 2.24) is 4.90 Å². The summed E-state index contributed by atoms with van der Waals surface area (Å²) in [5.41, 5.74) is 2.13. The van der Waals surface area contributed by atoms with Gasteiger partial charge in [-0.05, 0) is 52.4 Å². The number of amides is 2. The third kappa shape index (κ3) is 8.52. The van der Waals surface area contributed by atoms with E-state index in [4.69, 9.17) is 18.6 Å². The summed E-state index contributed by atoms with van der Waals surface area (Å²) in [5, 5.41) is 11.0. The van der Waals surface area contributed by atoms with E-state index in [2.05, 4.69) is 22.9 Å². The molecule has 0 bridgehead atoms. The van der Waals surface area contributed by atoms with Gasteiger partial charge in [0.05, 0.1) is 35.8 Å². The third-order valence-electron chi connectivity index (χ3n) is 7.22. The fourth-order valence-electron chi connectivity index (χ4n) is 4.73. The smallest absolute Gasteiger partial charge is 0.416 e. The number of halogens is 1. The Morgan fingerprint density at radius 3 is 2.49 bits per heavy atom. The first-order valence-electron chi connectivity index (χ1n) is 14.1. The molecular weight excluding hydrogens is 590 g/mol. The molecule has 4 atom stereocenters. The summed E-state index contributed by atoms with van der Waals surface area (Å²) >= 11 is 3.51. The molecule has 1 unspecified atom stereocenters. The fourth-order valence-corrected chi connectivity index (χ4v) is 5.24. The van der Waals surface area contributed by atoms with Gasteiger partial charge in [0.2, 0.25) is 5.91 Å². The molecule has 0 radical (unpaired) electrons. The van der Waals surface area contributed by atoms with Crippen LogP contribution in [0, 0.1) is 5.92 Å². The second-order valence-corrected chi connectivity index (χ2v) is 11.1. The van der Waals surface area contributed by atoms with Gasteiger partial charge in [0.15, 0.2) is 0 Å². The molecule has 2 aromatic carbocycles. The predicted octanol–water partition coefficient (Wildman–Crippen LogP) is 6.25. The van der Waals surface area contributed by atoms with Crippen molar-refractivity contribution in [1.29, 1.82) is 0 Å². The number of cyclic esters (lactones) is 1. The second kappa shape index (κ2) is 15.3. The third-order valence-corrected chi connectivity index (χ3v) is 7.89. The van der Waals surface area contributed by atoms with Gasteiger partial charge in [0.25, 0.3) is 0 Å². The van der Waals surface area contributed by atoms with Gasteiger partial charge in [-0.1, -0.05) is 74.5 Å². The lowest BCUT2D eigenvalue weighted by molar-refractivity contribution is -0.137. The maximum absolute atomic E-state index is 13.3. The zero-order valence-corrected chi connectivity index (χ0v) is 25.1. The zero-order chi connectivity index (χ0) is 29.2. The molecule has 1 saturated heterocycles. The van der Waals surface area contributed by atoms with Crippen LogP contribution in [0.15, 0.2) is 75.6 Å². The van der Waals surface area contributed by atoms with Crippen molar-refractivity contribution in [3.63, 3.8) is 0 Å². The van der Waals surface area contributed by atoms with Crippen LogP contribution in [0.1, 0.15) is 55.4 Å². The quantitative estimate of drug-likeness (QED) is 0.199. The minimum absolute atomic E-state index is 0.0199. The van der Waals surface area contributed by atoms with E-state index >= 15 is 0 Å². The van der Waals surface area contributed by atoms with Crippen molar-refractivity contribution >= 4 is 27.9 Å². The highest BCUT2D eigenvalue weighted by Gasteiger charge is 2.42. The maximum Gasteiger partial charge on any atom is 0.416 e. The Balaban J connectivity index is 1.25. The van der Waals surface area contributed by atoms with Crippen molar-refractivity contribution in [2.75, 3.05) is 19.8 Å². The number of carbonyl (C=O) groups is 2. The molecule has 1 fully saturated rings. The van der Waals surface area contributed by atoms with E-state index in [9.17, 15) is 14.7 Å². The van der Waals surface area contributed by atoms with Crippen LogP contribution < -0.4 is 0 Å². The molecule has 1 aromatic heterocycles. The number of benzene rings is 2. The normalized spacial score (nSPS) is 17.3. The lowest BCUT2D eigenvalue weighted by Gasteiger charge is -2.25. The number of hydrogen-bond donors (Lipinski definition) is 1. The van der Waals surface area contributed by atoms with Crippen molar-refractivity contribution in [3.8, 4) is 0 Å². The topological polar surface area (TPSA) is 98.4 Å². The molecule has 4 rings (SSSR count). The number of imide groups is 1. The summed E-state index contributed by atoms with van der Waals surface area (Å²) in [5.74, 6) is -0.475. The van der Waals surface area contributed by atoms with Crippen LogP contribution in [-0.2, 0) is 38.5 Å². The summed E-state index contributed by atoms with van der Waals surface area (Å²) in [7, 11) is 0. The van der Waals surface area contributed by atoms with Crippen LogP contribution in [0.2, 0.25) is 0 Å². The Labute approximate surface area is 249 Å². The average molecular weight is 629 g/mol. The van der Waals surface area contributed by atoms with Gasteiger partial charge in [0.1, 0.15) is 24.2 Å². The van der Waals surface area contributed by atoms with Gasteiger partial charge in [-0.25, -0.2) is 9.69 Å². The molecule has 1 aliphatic heterocycles. The number of aliphatic hydroxyl groups excluding tert-OH is 1. The highest BCUT2D eigenvalue weighted by Crippen LogP contribution is 2.32. The molecule has 0 aliphatic carbocycles. The maximum atomic E-state index is 13.3. The first-order valence-corrected chi connectivity index (χ1v) is 14.9. The largest absolute Gasteiger partial charge is 0.462 e. The molecule has 41 heavy (non-hydrogen) atoms. The standard InChI is InChI=1S/C32H38BrNO7/c1-3-26(39-19-24-13-8-5-9-14-24)21-38-16-10-15-28-27(33)18-29(41-28)30(35)22(2)31(36)34-25(20-40-32(34)37)17-23-11-6-4-7-12-23/h4-9,11-14,18,22,25-26,30,35H,3,10,15-17,19-21H2,1-2H3/t22-,25?,26+,30-/m0/s1. The molecule has 0 saturated carbocycles. The van der Waals surface area contributed by atoms with Crippen molar-refractivity contribution < 1.29 is 33.3 Å². The first-order chi connectivity index (χ1) is 19.9. The summed E-state index contributed by atoms with van der Waals surface area (Å²) in [6, 6.07) is 20.9. The van der Waals surface area contributed by atoms with Crippen LogP contribution in [0.3, 0.4) is 0 Å². The van der Waals surface area contributed by atoms with E-state index in [1.165, 1.54) is 0 Å². The van der Waals surface area contributed by atoms with Gasteiger partial charge < -0.3 is 23.7 Å². The van der Waals surface area contributed by atoms with E-state index in [1.807, 2.05) is 60.7 Å². The second-order valence-electron chi connectivity index (χ2n) is 10.3. The first kappa shape index (κ1) is 31.0. The van der Waals surface area contributed by atoms with Crippen LogP contribution in [-0.4, -0.2) is 54.0 Å². The van der Waals surface area contributed by atoms with Crippen molar-refractivity contribution in [3.05, 3.63) is 93.9 Å². The van der Waals surface area contributed by atoms with Gasteiger partial charge in [-0.15, -0.1) is 0 Å². The number of ether oxygens (including phenoxy) is 3. The van der Waals surface area contributed by atoms with Gasteiger partial charge >= 0.3 is 6.09 Å². The van der Waals surface area contributed by atoms with E-state index < -0.39 is 30.1 Å². The summed E-state index contributed by atoms with van der Waals surface area (Å²) < 4.78 is 23.7. The highest BCUT2D eigenvalue weighted by molar-refractivity contribution is 9.10. The van der Waals surface area contributed by atoms with Crippen LogP contribution in [0.4, 0.5) is 4.79 Å². The Kier molecular flexibility index (Phi) is 11.6. The molecule has 220 valence electrons. The molecule has 8 nitrogen and oxygen atoms in total. The number of carbonyl (C=O) groups excluding carboxylic acids is 2. The number of aryl methyl sites for hydroxylation is 1. The van der Waals surface area contributed by atoms with E-state index in [1.54, 1.807) is 13.0 Å². The lowest BCUT2D eigenvalue weighted by Crippen LogP contribution is -2.44. The number of rotatable bonds is 15. The van der Waals surface area contributed by atoms with E-state index in [-0.39, 0.29) is 18.5 Å². The highest BCUT2D eigenvalue weighted by atomic mass is 79.9. The summed E-state index contributed by atoms with van der Waals surface area (Å²) in [4.78, 5) is 26.9. The molecule has 3 aromatic rings. The Morgan fingerprint density at radius 2 is 1.80 bits per heavy atom. The molecule has 1 aliphatic rings. The number of furan rings is 1. The van der Waals surface area contributed by atoms with Gasteiger partial charge in [-0.3, -0.25) is 4.79 Å². The summed E-state index contributed by atoms with van der Waals surface area (Å²) in [6.07, 6.45) is 0.760. The number of aliphatic hydroxyl groups is 1. The lowest BCUT2D eigenvalue weighted by atomic mass is 9.99. The van der Waals surface area contributed by atoms with Crippen LogP contribution in [0.5, 0.6) is 0 Å². The van der Waals surface area contributed by atoms with Crippen molar-refractivity contribution in [2.24, 2.45) is 5.92 Å². The van der Waals surface area contributed by atoms with Crippen LogP contribution in [0.25, 0.3) is 0 Å². The number of nitrogens with zero attached hydrogens (tertiary/aromatic N) is 1. The molecule has 1 N–H and O–H groups in total. The van der Waals surface area contributed by atoms with Gasteiger partial charge in [0, 0.05) is 13.0 Å². The summed E-state index contributed by atoms with van der Waals surface area (Å²) in [6.45, 7) is 5.39. The van der Waals surface area contributed by atoms with E-state index in [0.29, 0.717) is 49.3 Å². The number of hydrogen-bond acceptors (Lipinski definition) is 7. The molecular formula is C32H38BrNO7. The zero-order valence-electron chi connectivity index (χ0n) is 23.5. The molecule has 2 heterocycles.